The first kappa shape index (κ1) is 22.8. The number of benzene rings is 2. The second-order valence-corrected chi connectivity index (χ2v) is 8.65. The molecule has 0 fully saturated rings. The van der Waals surface area contributed by atoms with E-state index >= 15 is 0 Å². The molecule has 4 N–H and O–H groups in total. The lowest BCUT2D eigenvalue weighted by atomic mass is 10.0. The van der Waals surface area contributed by atoms with E-state index in [1.54, 1.807) is 24.7 Å². The largest absolute Gasteiger partial charge is 0.394 e. The molecule has 2 aromatic carbocycles. The van der Waals surface area contributed by atoms with Gasteiger partial charge in [-0.2, -0.15) is 0 Å². The van der Waals surface area contributed by atoms with E-state index in [9.17, 15) is 14.3 Å². The second kappa shape index (κ2) is 9.36. The normalized spacial score (nSPS) is 12.2. The number of aromatic amines is 2. The molecule has 0 aliphatic heterocycles. The summed E-state index contributed by atoms with van der Waals surface area (Å²) in [6, 6.07) is 9.46. The number of hydrogen-bond donors (Lipinski definition) is 4. The first-order valence-electron chi connectivity index (χ1n) is 11.0. The minimum Gasteiger partial charge on any atom is -0.394 e. The Bertz CT molecular complexity index is 1540. The molecule has 3 heterocycles. The summed E-state index contributed by atoms with van der Waals surface area (Å²) in [5, 5.41) is 13.4. The number of aromatic nitrogens is 5. The number of nitrogens with one attached hydrogen (secondary N) is 3. The highest BCUT2D eigenvalue weighted by Crippen LogP contribution is 2.29. The van der Waals surface area contributed by atoms with Gasteiger partial charge >= 0.3 is 0 Å². The Morgan fingerprint density at radius 2 is 2.14 bits per heavy atom. The highest BCUT2D eigenvalue weighted by Gasteiger charge is 2.20. The van der Waals surface area contributed by atoms with Crippen LogP contribution in [0.1, 0.15) is 11.1 Å². The molecule has 8 nitrogen and oxygen atoms in total. The van der Waals surface area contributed by atoms with E-state index in [4.69, 9.17) is 11.6 Å². The van der Waals surface area contributed by atoms with Gasteiger partial charge in [-0.15, -0.1) is 0 Å². The maximum Gasteiger partial charge on any atom is 0.261 e. The van der Waals surface area contributed by atoms with Crippen LogP contribution in [0.2, 0.25) is 5.02 Å². The molecule has 1 unspecified atom stereocenters. The lowest BCUT2D eigenvalue weighted by molar-refractivity contribution is 0.273. The van der Waals surface area contributed by atoms with Gasteiger partial charge in [0.15, 0.2) is 0 Å². The molecule has 35 heavy (non-hydrogen) atoms. The molecule has 0 saturated carbocycles. The quantitative estimate of drug-likeness (QED) is 0.272. The van der Waals surface area contributed by atoms with Crippen LogP contribution in [-0.2, 0) is 6.42 Å². The molecule has 5 rings (SSSR count). The van der Waals surface area contributed by atoms with Crippen LogP contribution in [0.25, 0.3) is 28.1 Å². The Morgan fingerprint density at radius 3 is 2.89 bits per heavy atom. The van der Waals surface area contributed by atoms with Gasteiger partial charge in [0.25, 0.3) is 5.56 Å². The Balaban J connectivity index is 1.53. The van der Waals surface area contributed by atoms with Gasteiger partial charge in [0.2, 0.25) is 0 Å². The van der Waals surface area contributed by atoms with Crippen LogP contribution in [0.15, 0.2) is 66.1 Å². The molecule has 0 aliphatic carbocycles. The third-order valence-electron chi connectivity index (χ3n) is 5.85. The standard InChI is InChI=1S/C25H22ClFN6O2/c1-14-9-16(33-8-7-28-13-33)11-21-23(14)32-24(31-21)22-20(5-6-29-25(22)35)30-15(12-34)10-17-18(26)3-2-4-19(17)27/h2-9,11,13,15,34H,10,12H2,1H3,(H,31,32)(H2,29,30,35). The number of nitrogens with zero attached hydrogens (tertiary/aromatic N) is 3. The number of anilines is 1. The minimum absolute atomic E-state index is 0.127. The number of hydrogen-bond acceptors (Lipinski definition) is 5. The first-order chi connectivity index (χ1) is 16.9. The maximum absolute atomic E-state index is 14.3. The molecule has 10 heteroatoms. The summed E-state index contributed by atoms with van der Waals surface area (Å²) < 4.78 is 16.2. The van der Waals surface area contributed by atoms with Crippen molar-refractivity contribution in [2.45, 2.75) is 19.4 Å². The molecule has 0 amide bonds. The topological polar surface area (TPSA) is 112 Å². The highest BCUT2D eigenvalue weighted by molar-refractivity contribution is 6.31. The second-order valence-electron chi connectivity index (χ2n) is 8.24. The Kier molecular flexibility index (Phi) is 6.10. The summed E-state index contributed by atoms with van der Waals surface area (Å²) in [7, 11) is 0. The summed E-state index contributed by atoms with van der Waals surface area (Å²) in [4.78, 5) is 27.6. The van der Waals surface area contributed by atoms with E-state index in [0.717, 1.165) is 22.3 Å². The zero-order valence-corrected chi connectivity index (χ0v) is 19.5. The number of fused-ring (bicyclic) bond motifs is 1. The molecule has 1 atom stereocenters. The van der Waals surface area contributed by atoms with Crippen molar-refractivity contribution in [3.63, 3.8) is 0 Å². The van der Waals surface area contributed by atoms with E-state index in [2.05, 4.69) is 25.3 Å². The molecule has 3 aromatic heterocycles. The third-order valence-corrected chi connectivity index (χ3v) is 6.21. The lowest BCUT2D eigenvalue weighted by Crippen LogP contribution is -2.28. The van der Waals surface area contributed by atoms with Crippen LogP contribution < -0.4 is 10.9 Å². The average molecular weight is 493 g/mol. The van der Waals surface area contributed by atoms with Crippen LogP contribution in [0, 0.1) is 12.7 Å². The van der Waals surface area contributed by atoms with E-state index in [0.29, 0.717) is 17.1 Å². The van der Waals surface area contributed by atoms with Gasteiger partial charge in [-0.25, -0.2) is 14.4 Å². The zero-order valence-electron chi connectivity index (χ0n) is 18.7. The smallest absolute Gasteiger partial charge is 0.261 e. The van der Waals surface area contributed by atoms with Crippen LogP contribution in [-0.4, -0.2) is 42.3 Å². The molecule has 0 bridgehead atoms. The fourth-order valence-electron chi connectivity index (χ4n) is 4.14. The fraction of sp³-hybridized carbons (Fsp3) is 0.160. The first-order valence-corrected chi connectivity index (χ1v) is 11.3. The van der Waals surface area contributed by atoms with Crippen molar-refractivity contribution >= 4 is 28.3 Å². The zero-order chi connectivity index (χ0) is 24.5. The summed E-state index contributed by atoms with van der Waals surface area (Å²) >= 11 is 6.17. The molecular formula is C25H22ClFN6O2. The predicted molar refractivity (Wildman–Crippen MR) is 134 cm³/mol. The summed E-state index contributed by atoms with van der Waals surface area (Å²) in [5.41, 5.74) is 3.99. The van der Waals surface area contributed by atoms with Gasteiger partial charge < -0.3 is 25.0 Å². The summed E-state index contributed by atoms with van der Waals surface area (Å²) in [6.45, 7) is 1.64. The predicted octanol–water partition coefficient (Wildman–Crippen LogP) is 4.22. The Labute approximate surface area is 204 Å². The molecule has 5 aromatic rings. The number of aryl methyl sites for hydroxylation is 1. The number of halogens is 2. The van der Waals surface area contributed by atoms with E-state index in [1.165, 1.54) is 18.3 Å². The van der Waals surface area contributed by atoms with Crippen LogP contribution in [0.5, 0.6) is 0 Å². The highest BCUT2D eigenvalue weighted by atomic mass is 35.5. The number of aliphatic hydroxyl groups is 1. The van der Waals surface area contributed by atoms with Gasteiger partial charge in [0, 0.05) is 34.9 Å². The third kappa shape index (κ3) is 4.43. The van der Waals surface area contributed by atoms with E-state index in [1.807, 2.05) is 29.8 Å². The van der Waals surface area contributed by atoms with Gasteiger partial charge in [-0.1, -0.05) is 17.7 Å². The van der Waals surface area contributed by atoms with Crippen molar-refractivity contribution in [1.82, 2.24) is 24.5 Å². The molecule has 0 radical (unpaired) electrons. The molecule has 0 aliphatic rings. The number of rotatable bonds is 7. The monoisotopic (exact) mass is 492 g/mol. The average Bonchev–Trinajstić information content (AvgIpc) is 3.51. The van der Waals surface area contributed by atoms with Crippen molar-refractivity contribution in [2.24, 2.45) is 0 Å². The Morgan fingerprint density at radius 1 is 1.29 bits per heavy atom. The van der Waals surface area contributed by atoms with E-state index < -0.39 is 11.9 Å². The van der Waals surface area contributed by atoms with Gasteiger partial charge in [0.1, 0.15) is 17.2 Å². The van der Waals surface area contributed by atoms with Crippen molar-refractivity contribution in [3.8, 4) is 17.1 Å². The number of H-pyrrole nitrogens is 2. The Hall–Kier alpha value is -3.95. The summed E-state index contributed by atoms with van der Waals surface area (Å²) in [5.74, 6) is -0.0822. The van der Waals surface area contributed by atoms with Gasteiger partial charge in [0.05, 0.1) is 35.7 Å². The van der Waals surface area contributed by atoms with Crippen LogP contribution in [0.3, 0.4) is 0 Å². The van der Waals surface area contributed by atoms with Gasteiger partial charge in [-0.3, -0.25) is 4.79 Å². The lowest BCUT2D eigenvalue weighted by Gasteiger charge is -2.20. The maximum atomic E-state index is 14.3. The van der Waals surface area contributed by atoms with Crippen molar-refractivity contribution in [2.75, 3.05) is 11.9 Å². The van der Waals surface area contributed by atoms with E-state index in [-0.39, 0.29) is 29.2 Å². The number of pyridine rings is 1. The number of imidazole rings is 2. The van der Waals surface area contributed by atoms with Crippen molar-refractivity contribution in [1.29, 1.82) is 0 Å². The summed E-state index contributed by atoms with van der Waals surface area (Å²) in [6.07, 6.45) is 6.88. The molecule has 178 valence electrons. The van der Waals surface area contributed by atoms with Crippen LogP contribution >= 0.6 is 11.6 Å². The SMILES string of the molecule is Cc1cc(-n2ccnc2)cc2[nH]c(-c3c(NC(CO)Cc4c(F)cccc4Cl)cc[nH]c3=O)nc12. The van der Waals surface area contributed by atoms with Crippen molar-refractivity contribution in [3.05, 3.63) is 93.6 Å². The van der Waals surface area contributed by atoms with Crippen molar-refractivity contribution < 1.29 is 9.50 Å². The van der Waals surface area contributed by atoms with Gasteiger partial charge in [-0.05, 0) is 49.2 Å². The molecule has 0 saturated heterocycles. The molecular weight excluding hydrogens is 471 g/mol. The number of aliphatic hydroxyl groups excluding tert-OH is 1. The molecule has 0 spiro atoms. The fourth-order valence-corrected chi connectivity index (χ4v) is 4.38. The minimum atomic E-state index is -0.594. The van der Waals surface area contributed by atoms with Crippen LogP contribution in [0.4, 0.5) is 10.1 Å².